The molecule has 0 atom stereocenters. The maximum atomic E-state index is 11.4. The van der Waals surface area contributed by atoms with Crippen molar-refractivity contribution in [3.8, 4) is 11.8 Å². The summed E-state index contributed by atoms with van der Waals surface area (Å²) < 4.78 is 0. The van der Waals surface area contributed by atoms with Crippen molar-refractivity contribution in [2.75, 3.05) is 11.9 Å². The Morgan fingerprint density at radius 1 is 1.32 bits per heavy atom. The predicted molar refractivity (Wildman–Crippen MR) is 66.1 cm³/mol. The number of aromatic hydroxyl groups is 1. The van der Waals surface area contributed by atoms with Crippen LogP contribution in [-0.4, -0.2) is 28.6 Å². The molecule has 0 fully saturated rings. The largest absolute Gasteiger partial charge is 0.508 e. The molecule has 0 saturated carbocycles. The molecule has 0 unspecified atom stereocenters. The van der Waals surface area contributed by atoms with Gasteiger partial charge >= 0.3 is 5.97 Å². The highest BCUT2D eigenvalue weighted by Gasteiger charge is 2.09. The van der Waals surface area contributed by atoms with E-state index in [1.54, 1.807) is 18.2 Å². The zero-order valence-electron chi connectivity index (χ0n) is 9.75. The summed E-state index contributed by atoms with van der Waals surface area (Å²) in [6.45, 7) is -0.558. The number of benzene rings is 1. The Labute approximate surface area is 108 Å². The highest BCUT2D eigenvalue weighted by Crippen LogP contribution is 2.13. The maximum Gasteiger partial charge on any atom is 0.322 e. The van der Waals surface area contributed by atoms with Crippen LogP contribution in [0.25, 0.3) is 0 Å². The Hall–Kier alpha value is -3.01. The molecule has 0 radical (unpaired) electrons. The fourth-order valence-corrected chi connectivity index (χ4v) is 1.11. The Morgan fingerprint density at radius 2 is 1.95 bits per heavy atom. The van der Waals surface area contributed by atoms with Crippen LogP contribution >= 0.6 is 0 Å². The van der Waals surface area contributed by atoms with Crippen molar-refractivity contribution in [1.82, 2.24) is 5.32 Å². The number of carboxylic acids is 1. The summed E-state index contributed by atoms with van der Waals surface area (Å²) in [5, 5.41) is 31.0. The van der Waals surface area contributed by atoms with Crippen molar-refractivity contribution in [1.29, 1.82) is 5.26 Å². The maximum absolute atomic E-state index is 11.4. The lowest BCUT2D eigenvalue weighted by Crippen LogP contribution is -2.30. The molecule has 0 aliphatic carbocycles. The van der Waals surface area contributed by atoms with Gasteiger partial charge in [-0.3, -0.25) is 9.59 Å². The molecule has 0 heterocycles. The van der Waals surface area contributed by atoms with Gasteiger partial charge in [0.1, 0.15) is 23.9 Å². The van der Waals surface area contributed by atoms with E-state index in [9.17, 15) is 9.59 Å². The second kappa shape index (κ2) is 6.66. The number of carbonyl (C=O) groups excluding carboxylic acids is 1. The number of carboxylic acid groups (broad SMARTS) is 1. The van der Waals surface area contributed by atoms with Crippen LogP contribution in [0.3, 0.4) is 0 Å². The van der Waals surface area contributed by atoms with Crippen molar-refractivity contribution < 1.29 is 19.8 Å². The molecule has 4 N–H and O–H groups in total. The van der Waals surface area contributed by atoms with Gasteiger partial charge in [0, 0.05) is 11.9 Å². The molecule has 1 aromatic carbocycles. The SMILES string of the molecule is N#C/C(=C/Nc1ccc(O)cc1)C(=O)NCC(=O)O. The van der Waals surface area contributed by atoms with Crippen molar-refractivity contribution >= 4 is 17.6 Å². The van der Waals surface area contributed by atoms with Crippen LogP contribution < -0.4 is 10.6 Å². The summed E-state index contributed by atoms with van der Waals surface area (Å²) in [6, 6.07) is 7.63. The van der Waals surface area contributed by atoms with Gasteiger partial charge in [0.05, 0.1) is 0 Å². The molecule has 7 nitrogen and oxygen atoms in total. The molecule has 0 aromatic heterocycles. The van der Waals surface area contributed by atoms with Gasteiger partial charge in [0.2, 0.25) is 0 Å². The van der Waals surface area contributed by atoms with Gasteiger partial charge in [-0.2, -0.15) is 5.26 Å². The van der Waals surface area contributed by atoms with Crippen molar-refractivity contribution in [3.63, 3.8) is 0 Å². The van der Waals surface area contributed by atoms with E-state index in [-0.39, 0.29) is 11.3 Å². The first-order chi connectivity index (χ1) is 9.02. The van der Waals surface area contributed by atoms with Gasteiger partial charge in [-0.15, -0.1) is 0 Å². The number of amides is 1. The smallest absolute Gasteiger partial charge is 0.322 e. The number of hydrogen-bond donors (Lipinski definition) is 4. The lowest BCUT2D eigenvalue weighted by molar-refractivity contribution is -0.137. The van der Waals surface area contributed by atoms with Crippen LogP contribution in [0, 0.1) is 11.3 Å². The first-order valence-electron chi connectivity index (χ1n) is 5.18. The van der Waals surface area contributed by atoms with Gasteiger partial charge < -0.3 is 20.8 Å². The van der Waals surface area contributed by atoms with E-state index in [1.807, 2.05) is 0 Å². The second-order valence-electron chi connectivity index (χ2n) is 3.44. The average molecular weight is 261 g/mol. The molecule has 1 aromatic rings. The third-order valence-corrected chi connectivity index (χ3v) is 2.02. The number of aliphatic carboxylic acids is 1. The number of anilines is 1. The van der Waals surface area contributed by atoms with E-state index in [2.05, 4.69) is 10.6 Å². The van der Waals surface area contributed by atoms with Crippen molar-refractivity contribution in [2.45, 2.75) is 0 Å². The number of hydrogen-bond acceptors (Lipinski definition) is 5. The summed E-state index contributed by atoms with van der Waals surface area (Å²) in [5.74, 6) is -1.89. The van der Waals surface area contributed by atoms with E-state index >= 15 is 0 Å². The highest BCUT2D eigenvalue weighted by molar-refractivity contribution is 5.98. The Bertz CT molecular complexity index is 543. The number of carbonyl (C=O) groups is 2. The molecule has 0 aliphatic heterocycles. The second-order valence-corrected chi connectivity index (χ2v) is 3.44. The summed E-state index contributed by atoms with van der Waals surface area (Å²) in [7, 11) is 0. The molecule has 98 valence electrons. The average Bonchev–Trinajstić information content (AvgIpc) is 2.39. The molecule has 1 amide bonds. The number of phenols is 1. The Kier molecular flexibility index (Phi) is 4.93. The number of nitriles is 1. The number of nitrogens with zero attached hydrogens (tertiary/aromatic N) is 1. The fourth-order valence-electron chi connectivity index (χ4n) is 1.11. The first-order valence-corrected chi connectivity index (χ1v) is 5.18. The molecule has 0 aliphatic rings. The van der Waals surface area contributed by atoms with Crippen LogP contribution in [0.15, 0.2) is 36.0 Å². The molecule has 0 bridgehead atoms. The molecule has 0 saturated heterocycles. The van der Waals surface area contributed by atoms with Gasteiger partial charge in [-0.1, -0.05) is 0 Å². The Balaban J connectivity index is 2.66. The van der Waals surface area contributed by atoms with E-state index in [0.717, 1.165) is 6.20 Å². The minimum Gasteiger partial charge on any atom is -0.508 e. The highest BCUT2D eigenvalue weighted by atomic mass is 16.4. The molecule has 19 heavy (non-hydrogen) atoms. The van der Waals surface area contributed by atoms with Crippen LogP contribution in [0.5, 0.6) is 5.75 Å². The van der Waals surface area contributed by atoms with Crippen LogP contribution in [0.1, 0.15) is 0 Å². The quantitative estimate of drug-likeness (QED) is 0.346. The number of phenolic OH excluding ortho intramolecular Hbond substituents is 1. The molecule has 7 heteroatoms. The van der Waals surface area contributed by atoms with E-state index in [1.165, 1.54) is 12.1 Å². The lowest BCUT2D eigenvalue weighted by atomic mass is 10.2. The summed E-state index contributed by atoms with van der Waals surface area (Å²) in [6.07, 6.45) is 1.16. The number of nitrogens with one attached hydrogen (secondary N) is 2. The van der Waals surface area contributed by atoms with Crippen molar-refractivity contribution in [2.24, 2.45) is 0 Å². The normalized spacial score (nSPS) is 10.4. The van der Waals surface area contributed by atoms with Gasteiger partial charge in [-0.25, -0.2) is 0 Å². The Morgan fingerprint density at radius 3 is 2.47 bits per heavy atom. The molecular weight excluding hydrogens is 250 g/mol. The van der Waals surface area contributed by atoms with Gasteiger partial charge in [-0.05, 0) is 24.3 Å². The van der Waals surface area contributed by atoms with Gasteiger partial charge in [0.15, 0.2) is 0 Å². The van der Waals surface area contributed by atoms with Crippen LogP contribution in [0.2, 0.25) is 0 Å². The van der Waals surface area contributed by atoms with E-state index in [0.29, 0.717) is 5.69 Å². The minimum absolute atomic E-state index is 0.0919. The minimum atomic E-state index is -1.20. The standard InChI is InChI=1S/C12H11N3O4/c13-5-8(12(19)15-7-11(17)18)6-14-9-1-3-10(16)4-2-9/h1-4,6,14,16H,7H2,(H,15,19)(H,17,18)/b8-6-. The summed E-state index contributed by atoms with van der Waals surface area (Å²) in [4.78, 5) is 21.7. The zero-order valence-corrected chi connectivity index (χ0v) is 9.75. The first kappa shape index (κ1) is 14.1. The van der Waals surface area contributed by atoms with Crippen molar-refractivity contribution in [3.05, 3.63) is 36.0 Å². The van der Waals surface area contributed by atoms with E-state index in [4.69, 9.17) is 15.5 Å². The monoisotopic (exact) mass is 261 g/mol. The van der Waals surface area contributed by atoms with E-state index < -0.39 is 18.4 Å². The third-order valence-electron chi connectivity index (χ3n) is 2.02. The van der Waals surface area contributed by atoms with Crippen LogP contribution in [-0.2, 0) is 9.59 Å². The molecule has 0 spiro atoms. The third kappa shape index (κ3) is 4.79. The number of rotatable bonds is 5. The molecular formula is C12H11N3O4. The fraction of sp³-hybridized carbons (Fsp3) is 0.0833. The lowest BCUT2D eigenvalue weighted by Gasteiger charge is -2.03. The van der Waals surface area contributed by atoms with Crippen LogP contribution in [0.4, 0.5) is 5.69 Å². The topological polar surface area (TPSA) is 122 Å². The summed E-state index contributed by atoms with van der Waals surface area (Å²) in [5.41, 5.74) is 0.311. The summed E-state index contributed by atoms with van der Waals surface area (Å²) >= 11 is 0. The predicted octanol–water partition coefficient (Wildman–Crippen LogP) is 0.412. The zero-order chi connectivity index (χ0) is 14.3. The van der Waals surface area contributed by atoms with Gasteiger partial charge in [0.25, 0.3) is 5.91 Å². The molecule has 1 rings (SSSR count).